The molecule has 2 aliphatic rings. The summed E-state index contributed by atoms with van der Waals surface area (Å²) in [6.07, 6.45) is 3.76. The van der Waals surface area contributed by atoms with Crippen LogP contribution >= 0.6 is 0 Å². The van der Waals surface area contributed by atoms with Crippen LogP contribution < -0.4 is 0 Å². The number of hydrogen-bond acceptors (Lipinski definition) is 2. The van der Waals surface area contributed by atoms with E-state index in [1.54, 1.807) is 0 Å². The molecule has 0 amide bonds. The summed E-state index contributed by atoms with van der Waals surface area (Å²) in [5, 5.41) is 9.59. The van der Waals surface area contributed by atoms with E-state index in [2.05, 4.69) is 514 Å². The molecule has 0 bridgehead atoms. The molecule has 6 nitrogen and oxygen atoms in total. The number of pyridine rings is 2. The summed E-state index contributed by atoms with van der Waals surface area (Å²) < 4.78 is 10.0. The van der Waals surface area contributed by atoms with Crippen molar-refractivity contribution in [2.45, 2.75) is 116 Å². The molecule has 6 aromatic heterocycles. The molecule has 26 rings (SSSR count). The molecular formula is C136H108N6. The highest BCUT2D eigenvalue weighted by Gasteiger charge is 2.49. The van der Waals surface area contributed by atoms with Crippen LogP contribution in [0, 0.1) is 0 Å². The molecular weight excluding hydrogens is 1720 g/mol. The van der Waals surface area contributed by atoms with Crippen LogP contribution in [0.3, 0.4) is 0 Å². The Bertz CT molecular complexity index is 8690. The van der Waals surface area contributed by atoms with Gasteiger partial charge in [-0.05, 0) is 326 Å². The molecule has 0 spiro atoms. The molecule has 0 unspecified atom stereocenters. The quantitative estimate of drug-likeness (QED) is 0.115. The predicted molar refractivity (Wildman–Crippen MR) is 596 cm³/mol. The van der Waals surface area contributed by atoms with E-state index in [0.29, 0.717) is 0 Å². The van der Waals surface area contributed by atoms with Crippen molar-refractivity contribution in [1.82, 2.24) is 28.2 Å². The smallest absolute Gasteiger partial charge is 0.0714 e. The molecule has 2 aliphatic carbocycles. The van der Waals surface area contributed by atoms with Crippen molar-refractivity contribution in [1.29, 1.82) is 0 Å². The number of fused-ring (bicyclic) bond motifs is 18. The summed E-state index contributed by atoms with van der Waals surface area (Å²) in [5.74, 6) is 0. The zero-order valence-corrected chi connectivity index (χ0v) is 82.3. The van der Waals surface area contributed by atoms with Gasteiger partial charge in [0, 0.05) is 89.4 Å². The van der Waals surface area contributed by atoms with Crippen molar-refractivity contribution in [3.63, 3.8) is 0 Å². The Kier molecular flexibility index (Phi) is 19.3. The number of nitrogens with zero attached hydrogens (tertiary/aromatic N) is 6. The first-order valence-corrected chi connectivity index (χ1v) is 50.1. The Morgan fingerprint density at radius 1 is 0.176 bits per heavy atom. The van der Waals surface area contributed by atoms with Gasteiger partial charge < -0.3 is 18.3 Å². The molecule has 142 heavy (non-hydrogen) atoms. The molecule has 0 saturated carbocycles. The van der Waals surface area contributed by atoms with Gasteiger partial charge in [0.25, 0.3) is 0 Å². The molecule has 0 atom stereocenters. The highest BCUT2D eigenvalue weighted by atomic mass is 15.0. The van der Waals surface area contributed by atoms with Crippen molar-refractivity contribution < 1.29 is 0 Å². The third-order valence-corrected chi connectivity index (χ3v) is 31.3. The first kappa shape index (κ1) is 85.8. The monoisotopic (exact) mass is 1820 g/mol. The summed E-state index contributed by atoms with van der Waals surface area (Å²) in [5.41, 5.74) is 42.7. The van der Waals surface area contributed by atoms with Crippen molar-refractivity contribution in [2.75, 3.05) is 0 Å². The Hall–Kier alpha value is -16.5. The van der Waals surface area contributed by atoms with E-state index >= 15 is 0 Å². The fourth-order valence-corrected chi connectivity index (χ4v) is 24.1. The van der Waals surface area contributed by atoms with Gasteiger partial charge in [-0.15, -0.1) is 0 Å². The van der Waals surface area contributed by atoms with Crippen LogP contribution in [0.2, 0.25) is 0 Å². The fraction of sp³-hybridized carbons (Fsp3) is 0.132. The third kappa shape index (κ3) is 13.4. The molecule has 682 valence electrons. The van der Waals surface area contributed by atoms with Gasteiger partial charge >= 0.3 is 0 Å². The first-order chi connectivity index (χ1) is 68.9. The molecule has 24 aromatic rings. The second kappa shape index (κ2) is 32.0. The van der Waals surface area contributed by atoms with Gasteiger partial charge in [-0.2, -0.15) is 0 Å². The SMILES string of the molecule is CC(C)(C)c1ccc(-n2c3ccc(-c4cccc(-c5ccccn5)c4)cc3c3cc(C4(c5ccc6c(c5)c5cc(C7(c8ccc9c(c8)c8cc(-c%10cccc(-c%11ccccn%11)c%10)ccc8n9-c8ccc(C(C)(C)C)cc8)c8ccccc8-c8ccccc87)ccc5n6-c5ccc(-c6ccc(-n7c8ccc(C(C)(C)C)cc8c8cc(C(C)(C)C)ccc87)cc6)cc5)c5ccccc5-c5ccccc54)ccc32)cc1. The number of rotatable bonds is 13. The number of benzene rings is 18. The lowest BCUT2D eigenvalue weighted by Crippen LogP contribution is -2.28. The van der Waals surface area contributed by atoms with E-state index in [9.17, 15) is 0 Å². The predicted octanol–water partition coefficient (Wildman–Crippen LogP) is 35.1. The molecule has 18 aromatic carbocycles. The standard InChI is InChI=1S/C136H108N6/c1-131(2,3)93-47-61-103(62-48-93)141-123-65-45-89(87-27-25-29-91(75-87)121-39-21-23-73-137-121)77-109(123)113-81-97(53-69-127(113)141)135(117-35-17-13-31-105(117)106-32-14-18-36-118(106)135)99-55-71-129-115(83-99)116-84-100(56-72-130(116)140(129)102-59-43-86(44-60-102)85-41-57-101(58-42-85)139-125-67-51-95(133(7,8)9)79-111(125)112-80-96(134(10,11)12)52-68-126(112)139)136(119-37-19-15-33-107(119)108-34-16-20-38-120(108)136)98-54-70-128-114(82-98)110-78-90(88-28-26-30-92(76-88)122-40-22-24-74-138-122)46-66-124(110)142(128)104-63-49-94(50-64-104)132(4,5)6/h13-84H,1-12H3. The van der Waals surface area contributed by atoms with E-state index in [1.165, 1.54) is 132 Å². The van der Waals surface area contributed by atoms with Crippen LogP contribution in [0.25, 0.3) is 188 Å². The maximum atomic E-state index is 4.82. The topological polar surface area (TPSA) is 45.5 Å². The average Bonchev–Trinajstić information content (AvgIpc) is 1.52. The lowest BCUT2D eigenvalue weighted by Gasteiger charge is -2.34. The Morgan fingerprint density at radius 3 is 0.697 bits per heavy atom. The van der Waals surface area contributed by atoms with Crippen LogP contribution in [0.15, 0.2) is 437 Å². The fourth-order valence-electron chi connectivity index (χ4n) is 24.1. The number of aromatic nitrogens is 6. The largest absolute Gasteiger partial charge is 0.309 e. The summed E-state index contributed by atoms with van der Waals surface area (Å²) >= 11 is 0. The highest BCUT2D eigenvalue weighted by Crippen LogP contribution is 2.61. The van der Waals surface area contributed by atoms with Gasteiger partial charge in [0.05, 0.1) is 66.4 Å². The molecule has 6 heterocycles. The summed E-state index contributed by atoms with van der Waals surface area (Å²) in [6.45, 7) is 27.7. The van der Waals surface area contributed by atoms with Gasteiger partial charge in [0.2, 0.25) is 0 Å². The minimum atomic E-state index is -0.834. The van der Waals surface area contributed by atoms with Gasteiger partial charge in [-0.25, -0.2) is 0 Å². The van der Waals surface area contributed by atoms with Gasteiger partial charge in [-0.1, -0.05) is 326 Å². The summed E-state index contributed by atoms with van der Waals surface area (Å²) in [6, 6.07) is 163. The summed E-state index contributed by atoms with van der Waals surface area (Å²) in [7, 11) is 0. The zero-order chi connectivity index (χ0) is 96.2. The minimum absolute atomic E-state index is 0.00355. The van der Waals surface area contributed by atoms with E-state index in [1.807, 2.05) is 24.5 Å². The van der Waals surface area contributed by atoms with Crippen molar-refractivity contribution in [2.24, 2.45) is 0 Å². The lowest BCUT2D eigenvalue weighted by atomic mass is 9.67. The molecule has 0 saturated heterocycles. The molecule has 0 aliphatic heterocycles. The lowest BCUT2D eigenvalue weighted by molar-refractivity contribution is 0.590. The van der Waals surface area contributed by atoms with Crippen LogP contribution in [0.1, 0.15) is 150 Å². The zero-order valence-electron chi connectivity index (χ0n) is 82.3. The maximum absolute atomic E-state index is 4.82. The molecule has 0 radical (unpaired) electrons. The highest BCUT2D eigenvalue weighted by molar-refractivity contribution is 6.15. The van der Waals surface area contributed by atoms with E-state index in [4.69, 9.17) is 9.97 Å². The van der Waals surface area contributed by atoms with Gasteiger partial charge in [-0.3, -0.25) is 9.97 Å². The Balaban J connectivity index is 0.703. The second-order valence-electron chi connectivity index (χ2n) is 43.7. The minimum Gasteiger partial charge on any atom is -0.309 e. The number of hydrogen-bond donors (Lipinski definition) is 0. The molecule has 6 heteroatoms. The Morgan fingerprint density at radius 2 is 0.408 bits per heavy atom. The van der Waals surface area contributed by atoms with Crippen LogP contribution in [0.5, 0.6) is 0 Å². The van der Waals surface area contributed by atoms with Gasteiger partial charge in [0.1, 0.15) is 0 Å². The van der Waals surface area contributed by atoms with Crippen LogP contribution in [0.4, 0.5) is 0 Å². The summed E-state index contributed by atoms with van der Waals surface area (Å²) in [4.78, 5) is 9.64. The van der Waals surface area contributed by atoms with Crippen molar-refractivity contribution in [3.8, 4) is 101 Å². The van der Waals surface area contributed by atoms with E-state index in [-0.39, 0.29) is 21.7 Å². The second-order valence-corrected chi connectivity index (χ2v) is 43.7. The van der Waals surface area contributed by atoms with E-state index in [0.717, 1.165) is 123 Å². The van der Waals surface area contributed by atoms with Crippen LogP contribution in [-0.2, 0) is 32.5 Å². The third-order valence-electron chi connectivity index (χ3n) is 31.3. The Labute approximate surface area is 829 Å². The first-order valence-electron chi connectivity index (χ1n) is 50.1. The van der Waals surface area contributed by atoms with Gasteiger partial charge in [0.15, 0.2) is 0 Å². The molecule has 0 N–H and O–H groups in total. The average molecular weight is 1830 g/mol. The normalized spacial score (nSPS) is 13.5. The van der Waals surface area contributed by atoms with Crippen molar-refractivity contribution >= 4 is 87.2 Å². The maximum Gasteiger partial charge on any atom is 0.0714 e. The van der Waals surface area contributed by atoms with Crippen LogP contribution in [-0.4, -0.2) is 28.2 Å². The van der Waals surface area contributed by atoms with Crippen molar-refractivity contribution in [3.05, 3.63) is 504 Å². The molecule has 0 fully saturated rings. The van der Waals surface area contributed by atoms with E-state index < -0.39 is 10.8 Å².